The number of ether oxygens (including phenoxy) is 1. The second-order valence-electron chi connectivity index (χ2n) is 4.94. The fraction of sp³-hybridized carbons (Fsp3) is 0.533. The summed E-state index contributed by atoms with van der Waals surface area (Å²) >= 11 is 0. The molecule has 0 amide bonds. The van der Waals surface area contributed by atoms with Crippen LogP contribution in [0.25, 0.3) is 0 Å². The second kappa shape index (κ2) is 7.14. The maximum Gasteiger partial charge on any atom is 0.304 e. The number of para-hydroxylation sites is 1. The van der Waals surface area contributed by atoms with Gasteiger partial charge < -0.3 is 9.84 Å². The van der Waals surface area contributed by atoms with Gasteiger partial charge in [0.1, 0.15) is 5.75 Å². The summed E-state index contributed by atoms with van der Waals surface area (Å²) in [5.74, 6) is 0.198. The first-order valence-corrected chi connectivity index (χ1v) is 6.89. The molecule has 4 nitrogen and oxygen atoms in total. The average Bonchev–Trinajstić information content (AvgIpc) is 2.82. The van der Waals surface area contributed by atoms with Crippen molar-refractivity contribution in [3.63, 3.8) is 0 Å². The first-order chi connectivity index (χ1) is 9.25. The minimum atomic E-state index is -0.697. The topological polar surface area (TPSA) is 49.8 Å². The minimum Gasteiger partial charge on any atom is -0.494 e. The first kappa shape index (κ1) is 13.9. The molecular formula is C15H21NO3. The molecule has 104 valence electrons. The van der Waals surface area contributed by atoms with Gasteiger partial charge in [-0.1, -0.05) is 18.2 Å². The van der Waals surface area contributed by atoms with E-state index in [2.05, 4.69) is 4.90 Å². The number of hydrogen-bond donors (Lipinski definition) is 1. The summed E-state index contributed by atoms with van der Waals surface area (Å²) in [7, 11) is 0. The van der Waals surface area contributed by atoms with E-state index in [9.17, 15) is 4.79 Å². The quantitative estimate of drug-likeness (QED) is 0.767. The normalized spacial score (nSPS) is 19.5. The molecule has 1 aromatic rings. The van der Waals surface area contributed by atoms with E-state index >= 15 is 0 Å². The molecule has 1 fully saturated rings. The molecule has 2 rings (SSSR count). The molecule has 0 spiro atoms. The molecule has 1 atom stereocenters. The van der Waals surface area contributed by atoms with Crippen LogP contribution in [-0.4, -0.2) is 41.7 Å². The van der Waals surface area contributed by atoms with Crippen LogP contribution in [0.4, 0.5) is 0 Å². The predicted octanol–water partition coefficient (Wildman–Crippen LogP) is 2.39. The SMILES string of the molecule is O=C(O)CC1CCCN1CCCOc1ccccc1. The molecule has 1 saturated heterocycles. The van der Waals surface area contributed by atoms with E-state index in [-0.39, 0.29) is 12.5 Å². The van der Waals surface area contributed by atoms with Crippen LogP contribution < -0.4 is 4.74 Å². The van der Waals surface area contributed by atoms with Crippen molar-refractivity contribution < 1.29 is 14.6 Å². The summed E-state index contributed by atoms with van der Waals surface area (Å²) in [6.45, 7) is 2.62. The molecule has 0 saturated carbocycles. The third kappa shape index (κ3) is 4.56. The highest BCUT2D eigenvalue weighted by Crippen LogP contribution is 2.20. The van der Waals surface area contributed by atoms with Gasteiger partial charge in [0.2, 0.25) is 0 Å². The Labute approximate surface area is 114 Å². The van der Waals surface area contributed by atoms with Crippen LogP contribution in [0.3, 0.4) is 0 Å². The highest BCUT2D eigenvalue weighted by molar-refractivity contribution is 5.67. The Bertz CT molecular complexity index is 394. The Balaban J connectivity index is 1.66. The highest BCUT2D eigenvalue weighted by Gasteiger charge is 2.25. The lowest BCUT2D eigenvalue weighted by Gasteiger charge is -2.22. The molecule has 0 radical (unpaired) electrons. The van der Waals surface area contributed by atoms with Crippen molar-refractivity contribution in [3.8, 4) is 5.75 Å². The van der Waals surface area contributed by atoms with E-state index in [0.717, 1.165) is 38.1 Å². The Kier molecular flexibility index (Phi) is 5.21. The molecule has 0 bridgehead atoms. The van der Waals surface area contributed by atoms with E-state index < -0.39 is 5.97 Å². The number of hydrogen-bond acceptors (Lipinski definition) is 3. The number of carbonyl (C=O) groups is 1. The van der Waals surface area contributed by atoms with Crippen LogP contribution in [0.15, 0.2) is 30.3 Å². The van der Waals surface area contributed by atoms with Crippen LogP contribution in [0.1, 0.15) is 25.7 Å². The number of nitrogens with zero attached hydrogens (tertiary/aromatic N) is 1. The van der Waals surface area contributed by atoms with Crippen molar-refractivity contribution in [2.24, 2.45) is 0 Å². The van der Waals surface area contributed by atoms with Crippen LogP contribution in [-0.2, 0) is 4.79 Å². The monoisotopic (exact) mass is 263 g/mol. The van der Waals surface area contributed by atoms with Crippen molar-refractivity contribution in [2.75, 3.05) is 19.7 Å². The summed E-state index contributed by atoms with van der Waals surface area (Å²) in [6.07, 6.45) is 3.31. The zero-order chi connectivity index (χ0) is 13.5. The molecule has 1 aliphatic heterocycles. The van der Waals surface area contributed by atoms with Gasteiger partial charge in [-0.25, -0.2) is 0 Å². The lowest BCUT2D eigenvalue weighted by atomic mass is 10.1. The number of carboxylic acid groups (broad SMARTS) is 1. The van der Waals surface area contributed by atoms with Crippen LogP contribution in [0.2, 0.25) is 0 Å². The van der Waals surface area contributed by atoms with E-state index in [1.165, 1.54) is 0 Å². The summed E-state index contributed by atoms with van der Waals surface area (Å²) in [5.41, 5.74) is 0. The molecule has 4 heteroatoms. The maximum atomic E-state index is 10.8. The lowest BCUT2D eigenvalue weighted by Crippen LogP contribution is -2.32. The third-order valence-corrected chi connectivity index (χ3v) is 3.51. The third-order valence-electron chi connectivity index (χ3n) is 3.51. The largest absolute Gasteiger partial charge is 0.494 e. The van der Waals surface area contributed by atoms with E-state index in [1.54, 1.807) is 0 Å². The smallest absolute Gasteiger partial charge is 0.304 e. The van der Waals surface area contributed by atoms with Crippen LogP contribution in [0.5, 0.6) is 5.75 Å². The second-order valence-corrected chi connectivity index (χ2v) is 4.94. The minimum absolute atomic E-state index is 0.217. The lowest BCUT2D eigenvalue weighted by molar-refractivity contribution is -0.138. The van der Waals surface area contributed by atoms with Gasteiger partial charge in [-0.3, -0.25) is 9.69 Å². The van der Waals surface area contributed by atoms with Crippen molar-refractivity contribution in [1.82, 2.24) is 4.90 Å². The summed E-state index contributed by atoms with van der Waals surface area (Å²) in [4.78, 5) is 13.0. The molecular weight excluding hydrogens is 242 g/mol. The standard InChI is InChI=1S/C15H21NO3/c17-15(18)12-13-6-4-9-16(13)10-5-11-19-14-7-2-1-3-8-14/h1-3,7-8,13H,4-6,9-12H2,(H,17,18). The molecule has 1 N–H and O–H groups in total. The average molecular weight is 263 g/mol. The zero-order valence-electron chi connectivity index (χ0n) is 11.1. The van der Waals surface area contributed by atoms with Gasteiger partial charge in [0.15, 0.2) is 0 Å². The fourth-order valence-corrected chi connectivity index (χ4v) is 2.60. The van der Waals surface area contributed by atoms with E-state index in [0.29, 0.717) is 6.61 Å². The van der Waals surface area contributed by atoms with Crippen molar-refractivity contribution in [2.45, 2.75) is 31.7 Å². The van der Waals surface area contributed by atoms with Crippen molar-refractivity contribution in [1.29, 1.82) is 0 Å². The number of rotatable bonds is 7. The molecule has 1 unspecified atom stereocenters. The number of likely N-dealkylation sites (tertiary alicyclic amines) is 1. The molecule has 0 aromatic heterocycles. The van der Waals surface area contributed by atoms with Gasteiger partial charge in [-0.15, -0.1) is 0 Å². The van der Waals surface area contributed by atoms with Gasteiger partial charge in [0.05, 0.1) is 13.0 Å². The van der Waals surface area contributed by atoms with E-state index in [4.69, 9.17) is 9.84 Å². The van der Waals surface area contributed by atoms with Crippen molar-refractivity contribution in [3.05, 3.63) is 30.3 Å². The van der Waals surface area contributed by atoms with E-state index in [1.807, 2.05) is 30.3 Å². The highest BCUT2D eigenvalue weighted by atomic mass is 16.5. The molecule has 1 aliphatic rings. The summed E-state index contributed by atoms with van der Waals surface area (Å²) < 4.78 is 5.64. The predicted molar refractivity (Wildman–Crippen MR) is 73.4 cm³/mol. The van der Waals surface area contributed by atoms with Crippen LogP contribution >= 0.6 is 0 Å². The van der Waals surface area contributed by atoms with Gasteiger partial charge in [0.25, 0.3) is 0 Å². The van der Waals surface area contributed by atoms with Crippen LogP contribution in [0, 0.1) is 0 Å². The number of aliphatic carboxylic acids is 1. The Morgan fingerprint density at radius 3 is 2.89 bits per heavy atom. The summed E-state index contributed by atoms with van der Waals surface area (Å²) in [6, 6.07) is 9.99. The fourth-order valence-electron chi connectivity index (χ4n) is 2.60. The van der Waals surface area contributed by atoms with Gasteiger partial charge in [-0.2, -0.15) is 0 Å². The molecule has 0 aliphatic carbocycles. The van der Waals surface area contributed by atoms with Gasteiger partial charge >= 0.3 is 5.97 Å². The summed E-state index contributed by atoms with van der Waals surface area (Å²) in [5, 5.41) is 8.86. The molecule has 1 heterocycles. The Morgan fingerprint density at radius 2 is 2.16 bits per heavy atom. The Morgan fingerprint density at radius 1 is 1.37 bits per heavy atom. The Hall–Kier alpha value is -1.55. The molecule has 1 aromatic carbocycles. The molecule has 19 heavy (non-hydrogen) atoms. The zero-order valence-corrected chi connectivity index (χ0v) is 11.1. The number of benzene rings is 1. The maximum absolute atomic E-state index is 10.8. The number of carboxylic acids is 1. The van der Waals surface area contributed by atoms with Gasteiger partial charge in [-0.05, 0) is 37.9 Å². The first-order valence-electron chi connectivity index (χ1n) is 6.89. The van der Waals surface area contributed by atoms with Gasteiger partial charge in [0, 0.05) is 12.6 Å². The van der Waals surface area contributed by atoms with Crippen molar-refractivity contribution >= 4 is 5.97 Å².